The summed E-state index contributed by atoms with van der Waals surface area (Å²) < 4.78 is 12.1. The molecule has 1 aromatic heterocycles. The lowest BCUT2D eigenvalue weighted by Gasteiger charge is -2.29. The van der Waals surface area contributed by atoms with Crippen molar-refractivity contribution in [3.63, 3.8) is 0 Å². The molecule has 8 nitrogen and oxygen atoms in total. The second kappa shape index (κ2) is 4.30. The SMILES string of the molecule is Cc1cn([C@@H]2O[C@@]3(CO)C=CO[C@@H]2[C@@H]3O)c(=O)[nH]c1=O. The first-order valence-electron chi connectivity index (χ1n) is 6.10. The van der Waals surface area contributed by atoms with Crippen LogP contribution in [0.1, 0.15) is 11.8 Å². The Bertz CT molecular complexity index is 677. The highest BCUT2D eigenvalue weighted by molar-refractivity contribution is 5.16. The highest BCUT2D eigenvalue weighted by atomic mass is 16.6. The number of rotatable bonds is 2. The molecule has 1 saturated heterocycles. The van der Waals surface area contributed by atoms with Gasteiger partial charge in [0.05, 0.1) is 12.9 Å². The van der Waals surface area contributed by atoms with E-state index in [1.807, 2.05) is 0 Å². The van der Waals surface area contributed by atoms with Crippen LogP contribution in [0.15, 0.2) is 28.1 Å². The van der Waals surface area contributed by atoms with E-state index in [9.17, 15) is 19.8 Å². The molecule has 2 aliphatic rings. The summed E-state index contributed by atoms with van der Waals surface area (Å²) >= 11 is 0. The zero-order valence-corrected chi connectivity index (χ0v) is 10.6. The molecule has 3 N–H and O–H groups in total. The van der Waals surface area contributed by atoms with Gasteiger partial charge in [0.2, 0.25) is 0 Å². The van der Waals surface area contributed by atoms with Gasteiger partial charge in [-0.1, -0.05) is 0 Å². The van der Waals surface area contributed by atoms with Gasteiger partial charge in [-0.25, -0.2) is 4.79 Å². The zero-order chi connectivity index (χ0) is 14.5. The van der Waals surface area contributed by atoms with Gasteiger partial charge in [-0.15, -0.1) is 0 Å². The van der Waals surface area contributed by atoms with Crippen LogP contribution < -0.4 is 11.2 Å². The third-order valence-electron chi connectivity index (χ3n) is 3.69. The largest absolute Gasteiger partial charge is 0.491 e. The number of fused-ring (bicyclic) bond motifs is 2. The van der Waals surface area contributed by atoms with E-state index < -0.39 is 41.9 Å². The number of H-pyrrole nitrogens is 1. The molecule has 0 aromatic carbocycles. The molecule has 3 heterocycles. The Morgan fingerprint density at radius 3 is 2.90 bits per heavy atom. The van der Waals surface area contributed by atoms with Gasteiger partial charge in [0.1, 0.15) is 11.7 Å². The van der Waals surface area contributed by atoms with Crippen LogP contribution in [-0.2, 0) is 9.47 Å². The van der Waals surface area contributed by atoms with Crippen molar-refractivity contribution < 1.29 is 19.7 Å². The summed E-state index contributed by atoms with van der Waals surface area (Å²) in [7, 11) is 0. The Kier molecular flexibility index (Phi) is 2.82. The van der Waals surface area contributed by atoms with Gasteiger partial charge in [0.25, 0.3) is 5.56 Å². The minimum atomic E-state index is -1.29. The highest BCUT2D eigenvalue weighted by Gasteiger charge is 2.57. The molecule has 1 aromatic rings. The Morgan fingerprint density at radius 2 is 2.25 bits per heavy atom. The normalized spacial score (nSPS) is 35.0. The predicted molar refractivity (Wildman–Crippen MR) is 66.0 cm³/mol. The number of nitrogens with zero attached hydrogens (tertiary/aromatic N) is 1. The molecule has 0 unspecified atom stereocenters. The van der Waals surface area contributed by atoms with Crippen molar-refractivity contribution in [2.75, 3.05) is 6.61 Å². The molecule has 4 atom stereocenters. The summed E-state index contributed by atoms with van der Waals surface area (Å²) in [5.74, 6) is 0. The molecule has 0 saturated carbocycles. The van der Waals surface area contributed by atoms with Crippen LogP contribution in [0.5, 0.6) is 0 Å². The van der Waals surface area contributed by atoms with Gasteiger partial charge in [-0.2, -0.15) is 0 Å². The van der Waals surface area contributed by atoms with E-state index >= 15 is 0 Å². The van der Waals surface area contributed by atoms with Gasteiger partial charge < -0.3 is 19.7 Å². The molecule has 8 heteroatoms. The third-order valence-corrected chi connectivity index (χ3v) is 3.69. The summed E-state index contributed by atoms with van der Waals surface area (Å²) in [6.07, 6.45) is 1.20. The van der Waals surface area contributed by atoms with Gasteiger partial charge >= 0.3 is 5.69 Å². The van der Waals surface area contributed by atoms with Crippen LogP contribution in [-0.4, -0.2) is 44.2 Å². The first-order valence-corrected chi connectivity index (χ1v) is 6.10. The van der Waals surface area contributed by atoms with E-state index in [1.165, 1.54) is 18.5 Å². The van der Waals surface area contributed by atoms with Crippen LogP contribution in [0.4, 0.5) is 0 Å². The maximum absolute atomic E-state index is 11.9. The zero-order valence-electron chi connectivity index (χ0n) is 10.6. The smallest absolute Gasteiger partial charge is 0.330 e. The van der Waals surface area contributed by atoms with E-state index in [1.54, 1.807) is 6.92 Å². The summed E-state index contributed by atoms with van der Waals surface area (Å²) in [4.78, 5) is 25.4. The summed E-state index contributed by atoms with van der Waals surface area (Å²) in [5, 5.41) is 19.6. The number of ether oxygens (including phenoxy) is 2. The number of aliphatic hydroxyl groups excluding tert-OH is 2. The maximum atomic E-state index is 11.9. The Hall–Kier alpha value is -1.90. The summed E-state index contributed by atoms with van der Waals surface area (Å²) in [5.41, 5.74) is -2.11. The molecule has 3 rings (SSSR count). The van der Waals surface area contributed by atoms with Gasteiger partial charge in [-0.3, -0.25) is 14.3 Å². The molecule has 0 spiro atoms. The molecule has 20 heavy (non-hydrogen) atoms. The first kappa shape index (κ1) is 13.1. The fraction of sp³-hybridized carbons (Fsp3) is 0.500. The lowest BCUT2D eigenvalue weighted by Crippen LogP contribution is -2.47. The van der Waals surface area contributed by atoms with Crippen LogP contribution >= 0.6 is 0 Å². The number of hydrogen-bond acceptors (Lipinski definition) is 6. The summed E-state index contributed by atoms with van der Waals surface area (Å²) in [6, 6.07) is 0. The quantitative estimate of drug-likeness (QED) is 0.600. The highest BCUT2D eigenvalue weighted by Crippen LogP contribution is 2.41. The third kappa shape index (κ3) is 1.65. The monoisotopic (exact) mass is 282 g/mol. The molecular weight excluding hydrogens is 268 g/mol. The number of aliphatic hydroxyl groups is 2. The van der Waals surface area contributed by atoms with Crippen molar-refractivity contribution in [1.29, 1.82) is 0 Å². The lowest BCUT2D eigenvalue weighted by atomic mass is 9.94. The van der Waals surface area contributed by atoms with Crippen molar-refractivity contribution in [3.05, 3.63) is 44.9 Å². The molecule has 0 amide bonds. The number of aromatic amines is 1. The molecule has 1 fully saturated rings. The van der Waals surface area contributed by atoms with Crippen LogP contribution in [0.25, 0.3) is 0 Å². The standard InChI is InChI=1S/C12H14N2O6/c1-6-4-14(11(18)13-9(6)17)10-7-8(16)12(5-15,20-10)2-3-19-7/h2-4,7-8,10,15-16H,5H2,1H3,(H,13,17,18)/t7-,8+,10-,12-/m1/s1. The Balaban J connectivity index is 2.08. The molecular formula is C12H14N2O6. The van der Waals surface area contributed by atoms with Crippen molar-refractivity contribution in [1.82, 2.24) is 9.55 Å². The fourth-order valence-electron chi connectivity index (χ4n) is 2.49. The summed E-state index contributed by atoms with van der Waals surface area (Å²) in [6.45, 7) is 1.10. The van der Waals surface area contributed by atoms with Crippen LogP contribution in [0, 0.1) is 6.92 Å². The molecule has 0 radical (unpaired) electrons. The number of aromatic nitrogens is 2. The minimum absolute atomic E-state index is 0.329. The lowest BCUT2D eigenvalue weighted by molar-refractivity contribution is -0.0972. The van der Waals surface area contributed by atoms with E-state index in [-0.39, 0.29) is 0 Å². The second-order valence-electron chi connectivity index (χ2n) is 4.95. The van der Waals surface area contributed by atoms with Crippen LogP contribution in [0.2, 0.25) is 0 Å². The average molecular weight is 282 g/mol. The van der Waals surface area contributed by atoms with E-state index in [0.717, 1.165) is 4.57 Å². The molecule has 2 aliphatic heterocycles. The predicted octanol–water partition coefficient (Wildman–Crippen LogP) is -1.62. The van der Waals surface area contributed by atoms with Gasteiger partial charge in [-0.05, 0) is 13.0 Å². The van der Waals surface area contributed by atoms with Crippen molar-refractivity contribution >= 4 is 0 Å². The maximum Gasteiger partial charge on any atom is 0.330 e. The average Bonchev–Trinajstić information content (AvgIpc) is 2.60. The molecule has 108 valence electrons. The van der Waals surface area contributed by atoms with Crippen molar-refractivity contribution in [2.24, 2.45) is 0 Å². The van der Waals surface area contributed by atoms with Crippen molar-refractivity contribution in [3.8, 4) is 0 Å². The molecule has 0 aliphatic carbocycles. The Morgan fingerprint density at radius 1 is 1.50 bits per heavy atom. The van der Waals surface area contributed by atoms with E-state index in [4.69, 9.17) is 9.47 Å². The van der Waals surface area contributed by atoms with E-state index in [0.29, 0.717) is 5.56 Å². The first-order chi connectivity index (χ1) is 9.48. The second-order valence-corrected chi connectivity index (χ2v) is 4.95. The molecule has 2 bridgehead atoms. The van der Waals surface area contributed by atoms with Gasteiger partial charge in [0, 0.05) is 11.8 Å². The number of nitrogens with one attached hydrogen (secondary N) is 1. The van der Waals surface area contributed by atoms with Crippen molar-refractivity contribution in [2.45, 2.75) is 31.0 Å². The topological polar surface area (TPSA) is 114 Å². The van der Waals surface area contributed by atoms with E-state index in [2.05, 4.69) is 4.98 Å². The van der Waals surface area contributed by atoms with Crippen LogP contribution in [0.3, 0.4) is 0 Å². The Labute approximate surface area is 112 Å². The number of hydrogen-bond donors (Lipinski definition) is 3. The number of aryl methyl sites for hydroxylation is 1. The van der Waals surface area contributed by atoms with Gasteiger partial charge in [0.15, 0.2) is 12.3 Å². The fourth-order valence-corrected chi connectivity index (χ4v) is 2.49. The minimum Gasteiger partial charge on any atom is -0.491 e.